The van der Waals surface area contributed by atoms with Crippen molar-refractivity contribution in [2.24, 2.45) is 10.7 Å². The Kier molecular flexibility index (Phi) is 8.02. The molecule has 10 heteroatoms. The van der Waals surface area contributed by atoms with Crippen LogP contribution in [-0.2, 0) is 6.54 Å². The van der Waals surface area contributed by atoms with Crippen molar-refractivity contribution in [1.82, 2.24) is 9.71 Å². The average Bonchev–Trinajstić information content (AvgIpc) is 2.87. The maximum Gasteiger partial charge on any atom is 0.573 e. The van der Waals surface area contributed by atoms with Crippen molar-refractivity contribution in [2.45, 2.75) is 17.8 Å². The fourth-order valence-electron chi connectivity index (χ4n) is 3.30. The molecule has 0 bridgehead atoms. The number of ether oxygens (including phenoxy) is 1. The molecule has 0 unspecified atom stereocenters. The molecule has 0 spiro atoms. The second-order valence-electron chi connectivity index (χ2n) is 7.54. The first-order valence-corrected chi connectivity index (χ1v) is 11.9. The van der Waals surface area contributed by atoms with Gasteiger partial charge in [-0.25, -0.2) is 4.99 Å². The first kappa shape index (κ1) is 25.4. The van der Waals surface area contributed by atoms with Gasteiger partial charge in [0.1, 0.15) is 5.75 Å². The monoisotopic (exact) mass is 528 g/mol. The summed E-state index contributed by atoms with van der Waals surface area (Å²) >= 11 is 7.37. The lowest BCUT2D eigenvalue weighted by molar-refractivity contribution is -0.274. The van der Waals surface area contributed by atoms with E-state index in [2.05, 4.69) is 19.4 Å². The van der Waals surface area contributed by atoms with Gasteiger partial charge < -0.3 is 10.5 Å². The van der Waals surface area contributed by atoms with Crippen LogP contribution in [0.1, 0.15) is 5.56 Å². The zero-order valence-electron chi connectivity index (χ0n) is 18.7. The van der Waals surface area contributed by atoms with Crippen molar-refractivity contribution in [1.29, 1.82) is 0 Å². The molecule has 0 atom stereocenters. The lowest BCUT2D eigenvalue weighted by atomic mass is 9.98. The second-order valence-corrected chi connectivity index (χ2v) is 8.85. The first-order valence-electron chi connectivity index (χ1n) is 10.7. The molecule has 0 radical (unpaired) electrons. The molecule has 1 heterocycles. The van der Waals surface area contributed by atoms with Crippen molar-refractivity contribution < 1.29 is 17.9 Å². The highest BCUT2D eigenvalue weighted by Crippen LogP contribution is 2.33. The molecule has 184 valence electrons. The van der Waals surface area contributed by atoms with Gasteiger partial charge in [0, 0.05) is 27.2 Å². The lowest BCUT2D eigenvalue weighted by Crippen LogP contribution is -2.25. The summed E-state index contributed by atoms with van der Waals surface area (Å²) < 4.78 is 44.7. The average molecular weight is 529 g/mol. The highest BCUT2D eigenvalue weighted by atomic mass is 35.5. The summed E-state index contributed by atoms with van der Waals surface area (Å²) in [5, 5.41) is 0.580. The normalized spacial score (nSPS) is 11.8. The summed E-state index contributed by atoms with van der Waals surface area (Å²) in [4.78, 5) is 9.98. The number of alkyl halides is 3. The molecule has 5 nitrogen and oxygen atoms in total. The Morgan fingerprint density at radius 3 is 2.31 bits per heavy atom. The van der Waals surface area contributed by atoms with Gasteiger partial charge in [0.25, 0.3) is 0 Å². The Hall–Kier alpha value is -3.69. The number of benzene rings is 3. The number of aliphatic imine (C=N–C) groups is 1. The molecule has 0 fully saturated rings. The maximum atomic E-state index is 12.6. The Morgan fingerprint density at radius 1 is 0.972 bits per heavy atom. The van der Waals surface area contributed by atoms with Gasteiger partial charge in [-0.1, -0.05) is 54.1 Å². The van der Waals surface area contributed by atoms with Crippen LogP contribution in [0.3, 0.4) is 0 Å². The SMILES string of the molecule is NC(=NCc1cnc(-c2ccc(Cl)cc2)c(-c2ccc(OC(F)(F)F)cc2)c1)NSc1ccccc1. The van der Waals surface area contributed by atoms with Crippen LogP contribution in [0.2, 0.25) is 5.02 Å². The Labute approximate surface area is 215 Å². The van der Waals surface area contributed by atoms with Crippen LogP contribution in [0.4, 0.5) is 13.2 Å². The highest BCUT2D eigenvalue weighted by Gasteiger charge is 2.31. The van der Waals surface area contributed by atoms with Gasteiger partial charge >= 0.3 is 6.36 Å². The van der Waals surface area contributed by atoms with Crippen LogP contribution in [0.25, 0.3) is 22.4 Å². The van der Waals surface area contributed by atoms with E-state index in [9.17, 15) is 13.2 Å². The van der Waals surface area contributed by atoms with Crippen molar-refractivity contribution >= 4 is 29.5 Å². The summed E-state index contributed by atoms with van der Waals surface area (Å²) in [5.74, 6) is -0.0522. The minimum atomic E-state index is -4.76. The van der Waals surface area contributed by atoms with E-state index in [1.54, 1.807) is 30.5 Å². The molecule has 4 rings (SSSR count). The third kappa shape index (κ3) is 7.16. The molecular weight excluding hydrogens is 509 g/mol. The molecule has 1 aromatic heterocycles. The van der Waals surface area contributed by atoms with E-state index in [1.807, 2.05) is 48.5 Å². The Bertz CT molecular complexity index is 1330. The summed E-state index contributed by atoms with van der Waals surface area (Å²) in [7, 11) is 0. The molecule has 3 N–H and O–H groups in total. The number of guanidine groups is 1. The molecule has 0 aliphatic heterocycles. The Balaban J connectivity index is 1.59. The quantitative estimate of drug-likeness (QED) is 0.152. The van der Waals surface area contributed by atoms with Crippen molar-refractivity contribution in [3.63, 3.8) is 0 Å². The predicted octanol–water partition coefficient (Wildman–Crippen LogP) is 7.08. The van der Waals surface area contributed by atoms with Crippen molar-refractivity contribution in [2.75, 3.05) is 0 Å². The van der Waals surface area contributed by atoms with E-state index >= 15 is 0 Å². The van der Waals surface area contributed by atoms with Crippen molar-refractivity contribution in [3.8, 4) is 28.1 Å². The summed E-state index contributed by atoms with van der Waals surface area (Å²) in [6, 6.07) is 24.3. The number of halogens is 4. The molecule has 0 aliphatic rings. The lowest BCUT2D eigenvalue weighted by Gasteiger charge is -2.13. The van der Waals surface area contributed by atoms with Crippen LogP contribution in [0.15, 0.2) is 101 Å². The number of pyridine rings is 1. The zero-order valence-corrected chi connectivity index (χ0v) is 20.2. The minimum absolute atomic E-state index is 0.251. The third-order valence-electron chi connectivity index (χ3n) is 4.91. The third-order valence-corrected chi connectivity index (χ3v) is 5.98. The van der Waals surface area contributed by atoms with Gasteiger partial charge in [-0.05, 0) is 65.5 Å². The predicted molar refractivity (Wildman–Crippen MR) is 138 cm³/mol. The number of nitrogens with one attached hydrogen (secondary N) is 1. The van der Waals surface area contributed by atoms with Gasteiger partial charge in [0.2, 0.25) is 0 Å². The molecule has 0 aliphatic carbocycles. The number of hydrogen-bond donors (Lipinski definition) is 2. The number of rotatable bonds is 7. The first-order chi connectivity index (χ1) is 17.3. The molecule has 36 heavy (non-hydrogen) atoms. The Morgan fingerprint density at radius 2 is 1.64 bits per heavy atom. The van der Waals surface area contributed by atoms with E-state index < -0.39 is 6.36 Å². The molecule has 0 saturated heterocycles. The van der Waals surface area contributed by atoms with Gasteiger partial charge in [0.15, 0.2) is 5.96 Å². The highest BCUT2D eigenvalue weighted by molar-refractivity contribution is 7.98. The fourth-order valence-corrected chi connectivity index (χ4v) is 4.00. The van der Waals surface area contributed by atoms with Crippen LogP contribution >= 0.6 is 23.5 Å². The second kappa shape index (κ2) is 11.4. The number of nitrogens with two attached hydrogens (primary N) is 1. The van der Waals surface area contributed by atoms with Gasteiger partial charge in [0.05, 0.1) is 12.2 Å². The van der Waals surface area contributed by atoms with E-state index in [0.717, 1.165) is 16.0 Å². The number of aromatic nitrogens is 1. The standard InChI is InChI=1S/C26H20ClF3N4OS/c27-20-10-6-19(7-11-20)24-23(18-8-12-21(13-9-18)35-26(28,29)30)14-17(15-32-24)16-33-25(31)34-36-22-4-2-1-3-5-22/h1-15H,16H2,(H3,31,33,34). The van der Waals surface area contributed by atoms with E-state index in [4.69, 9.17) is 17.3 Å². The topological polar surface area (TPSA) is 72.5 Å². The van der Waals surface area contributed by atoms with Crippen LogP contribution in [0.5, 0.6) is 5.75 Å². The van der Waals surface area contributed by atoms with E-state index in [0.29, 0.717) is 21.8 Å². The summed E-state index contributed by atoms with van der Waals surface area (Å²) in [6.45, 7) is 0.254. The van der Waals surface area contributed by atoms with Crippen molar-refractivity contribution in [3.05, 3.63) is 102 Å². The maximum absolute atomic E-state index is 12.6. The van der Waals surface area contributed by atoms with Gasteiger partial charge in [-0.15, -0.1) is 13.2 Å². The molecular formula is C26H20ClF3N4OS. The summed E-state index contributed by atoms with van der Waals surface area (Å²) in [5.41, 5.74) is 9.61. The smallest absolute Gasteiger partial charge is 0.406 e. The van der Waals surface area contributed by atoms with Crippen LogP contribution in [-0.4, -0.2) is 17.3 Å². The van der Waals surface area contributed by atoms with Gasteiger partial charge in [-0.3, -0.25) is 9.71 Å². The summed E-state index contributed by atoms with van der Waals surface area (Å²) in [6.07, 6.45) is -3.07. The van der Waals surface area contributed by atoms with E-state index in [-0.39, 0.29) is 18.3 Å². The zero-order chi connectivity index (χ0) is 25.5. The molecule has 0 saturated carbocycles. The van der Waals surface area contributed by atoms with Gasteiger partial charge in [-0.2, -0.15) is 0 Å². The number of hydrogen-bond acceptors (Lipinski definition) is 4. The molecule has 3 aromatic carbocycles. The van der Waals surface area contributed by atoms with Crippen LogP contribution in [0, 0.1) is 0 Å². The number of nitrogens with zero attached hydrogens (tertiary/aromatic N) is 2. The molecule has 0 amide bonds. The molecule has 4 aromatic rings. The van der Waals surface area contributed by atoms with E-state index in [1.165, 1.54) is 24.1 Å². The fraction of sp³-hybridized carbons (Fsp3) is 0.0769. The minimum Gasteiger partial charge on any atom is -0.406 e. The van der Waals surface area contributed by atoms with Crippen LogP contribution < -0.4 is 15.2 Å². The largest absolute Gasteiger partial charge is 0.573 e.